The molecule has 0 saturated carbocycles. The highest BCUT2D eigenvalue weighted by atomic mass is 15.1. The third-order valence-electron chi connectivity index (χ3n) is 4.27. The van der Waals surface area contributed by atoms with E-state index in [0.717, 1.165) is 25.2 Å². The van der Waals surface area contributed by atoms with Gasteiger partial charge in [-0.3, -0.25) is 0 Å². The maximum atomic E-state index is 5.93. The third-order valence-corrected chi connectivity index (χ3v) is 4.27. The zero-order valence-corrected chi connectivity index (χ0v) is 12.8. The number of fused-ring (bicyclic) bond motifs is 1. The average Bonchev–Trinajstić information content (AvgIpc) is 2.94. The Morgan fingerprint density at radius 1 is 1.05 bits per heavy atom. The molecule has 0 unspecified atom stereocenters. The number of hydrogen-bond acceptors (Lipinski definition) is 2. The topological polar surface area (TPSA) is 29.3 Å². The SMILES string of the molecule is CCCN(Cc1ccc2c(c1)CCC2)c1cccc(N)c1. The quantitative estimate of drug-likeness (QED) is 0.833. The average molecular weight is 280 g/mol. The second-order valence-corrected chi connectivity index (χ2v) is 5.97. The number of benzene rings is 2. The van der Waals surface area contributed by atoms with Crippen LogP contribution in [0.3, 0.4) is 0 Å². The molecule has 1 aliphatic rings. The van der Waals surface area contributed by atoms with E-state index in [2.05, 4.69) is 42.2 Å². The Morgan fingerprint density at radius 3 is 2.71 bits per heavy atom. The van der Waals surface area contributed by atoms with Gasteiger partial charge < -0.3 is 10.6 Å². The summed E-state index contributed by atoms with van der Waals surface area (Å²) in [5.74, 6) is 0. The first-order valence-electron chi connectivity index (χ1n) is 7.97. The third kappa shape index (κ3) is 3.21. The zero-order valence-electron chi connectivity index (χ0n) is 12.8. The van der Waals surface area contributed by atoms with Crippen molar-refractivity contribution in [3.63, 3.8) is 0 Å². The number of nitrogens with zero attached hydrogens (tertiary/aromatic N) is 1. The molecule has 2 aromatic rings. The monoisotopic (exact) mass is 280 g/mol. The lowest BCUT2D eigenvalue weighted by molar-refractivity contribution is 0.767. The van der Waals surface area contributed by atoms with Crippen molar-refractivity contribution < 1.29 is 0 Å². The lowest BCUT2D eigenvalue weighted by Crippen LogP contribution is -2.23. The van der Waals surface area contributed by atoms with E-state index in [1.165, 1.54) is 30.5 Å². The molecular formula is C19H24N2. The van der Waals surface area contributed by atoms with Gasteiger partial charge in [0, 0.05) is 24.5 Å². The van der Waals surface area contributed by atoms with Crippen molar-refractivity contribution in [2.45, 2.75) is 39.2 Å². The molecule has 0 saturated heterocycles. The molecule has 0 spiro atoms. The molecule has 2 N–H and O–H groups in total. The van der Waals surface area contributed by atoms with Gasteiger partial charge in [0.25, 0.3) is 0 Å². The first-order chi connectivity index (χ1) is 10.3. The van der Waals surface area contributed by atoms with Crippen LogP contribution in [0.1, 0.15) is 36.5 Å². The molecular weight excluding hydrogens is 256 g/mol. The van der Waals surface area contributed by atoms with E-state index in [0.29, 0.717) is 0 Å². The summed E-state index contributed by atoms with van der Waals surface area (Å²) in [6.45, 7) is 4.24. The van der Waals surface area contributed by atoms with Crippen LogP contribution in [0.5, 0.6) is 0 Å². The number of nitrogens with two attached hydrogens (primary N) is 1. The smallest absolute Gasteiger partial charge is 0.0429 e. The van der Waals surface area contributed by atoms with E-state index in [-0.39, 0.29) is 0 Å². The Balaban J connectivity index is 1.82. The fourth-order valence-corrected chi connectivity index (χ4v) is 3.23. The molecule has 0 aromatic heterocycles. The number of anilines is 2. The largest absolute Gasteiger partial charge is 0.399 e. The summed E-state index contributed by atoms with van der Waals surface area (Å²) >= 11 is 0. The Morgan fingerprint density at radius 2 is 1.90 bits per heavy atom. The van der Waals surface area contributed by atoms with Crippen LogP contribution in [0.15, 0.2) is 42.5 Å². The van der Waals surface area contributed by atoms with Crippen LogP contribution in [0, 0.1) is 0 Å². The predicted octanol–water partition coefficient (Wildman–Crippen LogP) is 4.17. The van der Waals surface area contributed by atoms with Crippen molar-refractivity contribution in [2.75, 3.05) is 17.2 Å². The van der Waals surface area contributed by atoms with E-state index in [4.69, 9.17) is 5.73 Å². The zero-order chi connectivity index (χ0) is 14.7. The van der Waals surface area contributed by atoms with Crippen LogP contribution in [0.2, 0.25) is 0 Å². The standard InChI is InChI=1S/C19H24N2/c1-2-11-21(19-8-4-7-18(20)13-19)14-15-9-10-16-5-3-6-17(16)12-15/h4,7-10,12-13H,2-3,5-6,11,14,20H2,1H3. The number of nitrogen functional groups attached to an aromatic ring is 1. The molecule has 0 heterocycles. The summed E-state index contributed by atoms with van der Waals surface area (Å²) in [6, 6.07) is 15.2. The molecule has 110 valence electrons. The van der Waals surface area contributed by atoms with Crippen molar-refractivity contribution in [3.8, 4) is 0 Å². The lowest BCUT2D eigenvalue weighted by atomic mass is 10.1. The normalized spacial score (nSPS) is 13.2. The number of aryl methyl sites for hydroxylation is 2. The summed E-state index contributed by atoms with van der Waals surface area (Å²) in [5, 5.41) is 0. The van der Waals surface area contributed by atoms with Crippen molar-refractivity contribution in [1.29, 1.82) is 0 Å². The Kier molecular flexibility index (Phi) is 4.14. The van der Waals surface area contributed by atoms with Crippen molar-refractivity contribution >= 4 is 11.4 Å². The summed E-state index contributed by atoms with van der Waals surface area (Å²) < 4.78 is 0. The van der Waals surface area contributed by atoms with Gasteiger partial charge in [-0.25, -0.2) is 0 Å². The van der Waals surface area contributed by atoms with Crippen LogP contribution in [-0.4, -0.2) is 6.54 Å². The van der Waals surface area contributed by atoms with E-state index in [9.17, 15) is 0 Å². The molecule has 0 radical (unpaired) electrons. The predicted molar refractivity (Wildman–Crippen MR) is 90.7 cm³/mol. The maximum absolute atomic E-state index is 5.93. The molecule has 3 rings (SSSR count). The summed E-state index contributed by atoms with van der Waals surface area (Å²) in [5.41, 5.74) is 12.5. The number of rotatable bonds is 5. The molecule has 2 heteroatoms. The first kappa shape index (κ1) is 14.0. The van der Waals surface area contributed by atoms with Crippen LogP contribution in [-0.2, 0) is 19.4 Å². The van der Waals surface area contributed by atoms with Crippen LogP contribution < -0.4 is 10.6 Å². The summed E-state index contributed by atoms with van der Waals surface area (Å²) in [6.07, 6.45) is 4.95. The maximum Gasteiger partial charge on any atom is 0.0429 e. The van der Waals surface area contributed by atoms with Crippen LogP contribution in [0.25, 0.3) is 0 Å². The van der Waals surface area contributed by atoms with Crippen molar-refractivity contribution in [2.24, 2.45) is 0 Å². The molecule has 0 aliphatic heterocycles. The van der Waals surface area contributed by atoms with Crippen molar-refractivity contribution in [1.82, 2.24) is 0 Å². The van der Waals surface area contributed by atoms with E-state index in [1.54, 1.807) is 11.1 Å². The highest BCUT2D eigenvalue weighted by molar-refractivity contribution is 5.56. The minimum Gasteiger partial charge on any atom is -0.399 e. The Bertz CT molecular complexity index is 619. The van der Waals surface area contributed by atoms with Gasteiger partial charge in [-0.2, -0.15) is 0 Å². The molecule has 1 aliphatic carbocycles. The molecule has 2 aromatic carbocycles. The van der Waals surface area contributed by atoms with Gasteiger partial charge in [0.15, 0.2) is 0 Å². The minimum absolute atomic E-state index is 0.836. The Labute approximate surface area is 127 Å². The van der Waals surface area contributed by atoms with Crippen LogP contribution >= 0.6 is 0 Å². The second kappa shape index (κ2) is 6.21. The van der Waals surface area contributed by atoms with E-state index in [1.807, 2.05) is 12.1 Å². The fraction of sp³-hybridized carbons (Fsp3) is 0.368. The van der Waals surface area contributed by atoms with Gasteiger partial charge in [-0.15, -0.1) is 0 Å². The van der Waals surface area contributed by atoms with Gasteiger partial charge in [0.1, 0.15) is 0 Å². The molecule has 2 nitrogen and oxygen atoms in total. The molecule has 0 fully saturated rings. The summed E-state index contributed by atoms with van der Waals surface area (Å²) in [4.78, 5) is 2.42. The second-order valence-electron chi connectivity index (χ2n) is 5.97. The van der Waals surface area contributed by atoms with Gasteiger partial charge in [-0.05, 0) is 60.6 Å². The first-order valence-corrected chi connectivity index (χ1v) is 7.97. The lowest BCUT2D eigenvalue weighted by Gasteiger charge is -2.25. The fourth-order valence-electron chi connectivity index (χ4n) is 3.23. The highest BCUT2D eigenvalue weighted by Gasteiger charge is 2.12. The molecule has 0 amide bonds. The minimum atomic E-state index is 0.836. The van der Waals surface area contributed by atoms with Crippen LogP contribution in [0.4, 0.5) is 11.4 Å². The molecule has 21 heavy (non-hydrogen) atoms. The molecule has 0 bridgehead atoms. The molecule has 0 atom stereocenters. The summed E-state index contributed by atoms with van der Waals surface area (Å²) in [7, 11) is 0. The van der Waals surface area contributed by atoms with Gasteiger partial charge in [-0.1, -0.05) is 31.2 Å². The Hall–Kier alpha value is -1.96. The van der Waals surface area contributed by atoms with Gasteiger partial charge in [0.05, 0.1) is 0 Å². The number of hydrogen-bond donors (Lipinski definition) is 1. The van der Waals surface area contributed by atoms with Gasteiger partial charge in [0.2, 0.25) is 0 Å². The van der Waals surface area contributed by atoms with Gasteiger partial charge >= 0.3 is 0 Å². The van der Waals surface area contributed by atoms with Crippen molar-refractivity contribution in [3.05, 3.63) is 59.2 Å². The highest BCUT2D eigenvalue weighted by Crippen LogP contribution is 2.25. The van der Waals surface area contributed by atoms with E-state index < -0.39 is 0 Å². The van der Waals surface area contributed by atoms with E-state index >= 15 is 0 Å².